The van der Waals surface area contributed by atoms with E-state index in [2.05, 4.69) is 10.1 Å². The fourth-order valence-corrected chi connectivity index (χ4v) is 5.81. The standard InChI is InChI=1S/C17H27N3O4S/c1-4-13-8-14(24-18-13)9-19-5-6-20(17(21)7-12(2)3)16-11-25(22,23)10-15(16)19/h8,12,15-16H,4-7,9-11H2,1-3H3/t15-,16+/m0/s1. The van der Waals surface area contributed by atoms with Crippen LogP contribution in [0.2, 0.25) is 0 Å². The van der Waals surface area contributed by atoms with Crippen LogP contribution in [0.1, 0.15) is 38.6 Å². The quantitative estimate of drug-likeness (QED) is 0.773. The second-order valence-electron chi connectivity index (χ2n) is 7.51. The molecule has 8 heteroatoms. The van der Waals surface area contributed by atoms with Crippen molar-refractivity contribution in [2.45, 2.75) is 52.2 Å². The van der Waals surface area contributed by atoms with E-state index >= 15 is 0 Å². The van der Waals surface area contributed by atoms with Gasteiger partial charge in [-0.1, -0.05) is 25.9 Å². The Hall–Kier alpha value is -1.41. The van der Waals surface area contributed by atoms with Crippen molar-refractivity contribution in [1.82, 2.24) is 15.0 Å². The monoisotopic (exact) mass is 369 g/mol. The highest BCUT2D eigenvalue weighted by molar-refractivity contribution is 7.91. The van der Waals surface area contributed by atoms with Gasteiger partial charge >= 0.3 is 0 Å². The molecule has 3 heterocycles. The summed E-state index contributed by atoms with van der Waals surface area (Å²) in [5.41, 5.74) is 0.899. The van der Waals surface area contributed by atoms with Crippen molar-refractivity contribution in [2.24, 2.45) is 5.92 Å². The molecule has 0 spiro atoms. The number of sulfone groups is 1. The molecule has 0 bridgehead atoms. The van der Waals surface area contributed by atoms with Crippen LogP contribution in [0.25, 0.3) is 0 Å². The average Bonchev–Trinajstić information content (AvgIpc) is 3.09. The van der Waals surface area contributed by atoms with Crippen LogP contribution in [0.3, 0.4) is 0 Å². The third-order valence-corrected chi connectivity index (χ3v) is 6.72. The first kappa shape index (κ1) is 18.4. The van der Waals surface area contributed by atoms with Crippen LogP contribution in [0.15, 0.2) is 10.6 Å². The third-order valence-electron chi connectivity index (χ3n) is 5.02. The number of aromatic nitrogens is 1. The van der Waals surface area contributed by atoms with Gasteiger partial charge in [0.05, 0.1) is 29.8 Å². The summed E-state index contributed by atoms with van der Waals surface area (Å²) >= 11 is 0. The molecule has 0 unspecified atom stereocenters. The summed E-state index contributed by atoms with van der Waals surface area (Å²) in [7, 11) is -3.13. The van der Waals surface area contributed by atoms with E-state index in [4.69, 9.17) is 4.52 Å². The summed E-state index contributed by atoms with van der Waals surface area (Å²) in [4.78, 5) is 16.5. The normalized spacial score (nSPS) is 26.2. The number of hydrogen-bond acceptors (Lipinski definition) is 6. The van der Waals surface area contributed by atoms with Crippen LogP contribution in [0.5, 0.6) is 0 Å². The molecule has 2 aliphatic heterocycles. The van der Waals surface area contributed by atoms with E-state index in [-0.39, 0.29) is 35.4 Å². The summed E-state index contributed by atoms with van der Waals surface area (Å²) < 4.78 is 29.8. The lowest BCUT2D eigenvalue weighted by atomic mass is 10.0. The van der Waals surface area contributed by atoms with Gasteiger partial charge in [0.25, 0.3) is 0 Å². The minimum atomic E-state index is -3.13. The molecule has 2 fully saturated rings. The lowest BCUT2D eigenvalue weighted by Gasteiger charge is -2.43. The first-order valence-corrected chi connectivity index (χ1v) is 10.8. The Morgan fingerprint density at radius 1 is 1.32 bits per heavy atom. The Morgan fingerprint density at radius 3 is 2.68 bits per heavy atom. The minimum absolute atomic E-state index is 0.0641. The van der Waals surface area contributed by atoms with Crippen molar-refractivity contribution in [2.75, 3.05) is 24.6 Å². The molecule has 2 saturated heterocycles. The van der Waals surface area contributed by atoms with Crippen molar-refractivity contribution in [1.29, 1.82) is 0 Å². The number of fused-ring (bicyclic) bond motifs is 1. The molecule has 2 atom stereocenters. The van der Waals surface area contributed by atoms with Gasteiger partial charge in [0, 0.05) is 31.6 Å². The van der Waals surface area contributed by atoms with Crippen LogP contribution in [-0.2, 0) is 27.6 Å². The van der Waals surface area contributed by atoms with E-state index in [1.54, 1.807) is 4.90 Å². The van der Waals surface area contributed by atoms with Gasteiger partial charge in [-0.05, 0) is 12.3 Å². The fourth-order valence-electron chi connectivity index (χ4n) is 3.79. The molecule has 1 amide bonds. The number of carbonyl (C=O) groups excluding carboxylic acids is 1. The molecule has 3 rings (SSSR count). The Balaban J connectivity index is 1.77. The van der Waals surface area contributed by atoms with Gasteiger partial charge in [-0.25, -0.2) is 8.42 Å². The molecule has 1 aromatic heterocycles. The predicted octanol–water partition coefficient (Wildman–Crippen LogP) is 1.09. The van der Waals surface area contributed by atoms with Gasteiger partial charge in [-0.2, -0.15) is 0 Å². The maximum absolute atomic E-state index is 12.6. The van der Waals surface area contributed by atoms with Gasteiger partial charge < -0.3 is 9.42 Å². The van der Waals surface area contributed by atoms with Crippen LogP contribution in [0, 0.1) is 5.92 Å². The highest BCUT2D eigenvalue weighted by atomic mass is 32.2. The molecule has 140 valence electrons. The molecule has 1 aromatic rings. The van der Waals surface area contributed by atoms with Crippen molar-refractivity contribution >= 4 is 15.7 Å². The lowest BCUT2D eigenvalue weighted by molar-refractivity contribution is -0.138. The zero-order chi connectivity index (χ0) is 18.2. The summed E-state index contributed by atoms with van der Waals surface area (Å²) in [5.74, 6) is 1.26. The summed E-state index contributed by atoms with van der Waals surface area (Å²) in [6.45, 7) is 7.79. The minimum Gasteiger partial charge on any atom is -0.360 e. The topological polar surface area (TPSA) is 83.7 Å². The second-order valence-corrected chi connectivity index (χ2v) is 9.66. The van der Waals surface area contributed by atoms with Crippen LogP contribution < -0.4 is 0 Å². The number of rotatable bonds is 5. The number of carbonyl (C=O) groups is 1. The van der Waals surface area contributed by atoms with E-state index in [0.29, 0.717) is 26.1 Å². The molecular formula is C17H27N3O4S. The Bertz CT molecular complexity index is 728. The Labute approximate surface area is 149 Å². The van der Waals surface area contributed by atoms with Gasteiger partial charge in [0.2, 0.25) is 5.91 Å². The van der Waals surface area contributed by atoms with E-state index in [0.717, 1.165) is 17.9 Å². The fraction of sp³-hybridized carbons (Fsp3) is 0.765. The average molecular weight is 369 g/mol. The molecule has 0 aromatic carbocycles. The van der Waals surface area contributed by atoms with Crippen molar-refractivity contribution in [3.63, 3.8) is 0 Å². The largest absolute Gasteiger partial charge is 0.360 e. The molecule has 0 radical (unpaired) electrons. The zero-order valence-electron chi connectivity index (χ0n) is 15.1. The van der Waals surface area contributed by atoms with Crippen molar-refractivity contribution in [3.8, 4) is 0 Å². The Kier molecular flexibility index (Phi) is 5.20. The van der Waals surface area contributed by atoms with E-state index in [9.17, 15) is 13.2 Å². The number of aryl methyl sites for hydroxylation is 1. The van der Waals surface area contributed by atoms with Crippen LogP contribution >= 0.6 is 0 Å². The number of amides is 1. The lowest BCUT2D eigenvalue weighted by Crippen LogP contribution is -2.60. The highest BCUT2D eigenvalue weighted by Crippen LogP contribution is 2.29. The van der Waals surface area contributed by atoms with Crippen LogP contribution in [0.4, 0.5) is 0 Å². The number of hydrogen-bond donors (Lipinski definition) is 0. The maximum Gasteiger partial charge on any atom is 0.223 e. The van der Waals surface area contributed by atoms with Crippen molar-refractivity contribution in [3.05, 3.63) is 17.5 Å². The predicted molar refractivity (Wildman–Crippen MR) is 93.7 cm³/mol. The second kappa shape index (κ2) is 7.07. The van der Waals surface area contributed by atoms with Crippen molar-refractivity contribution < 1.29 is 17.7 Å². The van der Waals surface area contributed by atoms with E-state index in [1.807, 2.05) is 26.8 Å². The number of piperazine rings is 1. The first-order valence-electron chi connectivity index (χ1n) is 8.97. The molecule has 2 aliphatic rings. The Morgan fingerprint density at radius 2 is 2.04 bits per heavy atom. The zero-order valence-corrected chi connectivity index (χ0v) is 16.0. The van der Waals surface area contributed by atoms with E-state index < -0.39 is 9.84 Å². The van der Waals surface area contributed by atoms with Gasteiger partial charge in [0.1, 0.15) is 0 Å². The summed E-state index contributed by atoms with van der Waals surface area (Å²) in [6.07, 6.45) is 1.27. The van der Waals surface area contributed by atoms with Gasteiger partial charge in [-0.3, -0.25) is 9.69 Å². The molecule has 0 saturated carbocycles. The third kappa shape index (κ3) is 4.06. The SMILES string of the molecule is CCc1cc(CN2CCN(C(=O)CC(C)C)[C@@H]3CS(=O)(=O)C[C@@H]32)on1. The maximum atomic E-state index is 12.6. The first-order chi connectivity index (χ1) is 11.8. The summed E-state index contributed by atoms with van der Waals surface area (Å²) in [6, 6.07) is 1.51. The molecule has 7 nitrogen and oxygen atoms in total. The van der Waals surface area contributed by atoms with Crippen LogP contribution in [-0.4, -0.2) is 66.0 Å². The summed E-state index contributed by atoms with van der Waals surface area (Å²) in [5, 5.41) is 4.01. The van der Waals surface area contributed by atoms with E-state index in [1.165, 1.54) is 0 Å². The number of nitrogens with zero attached hydrogens (tertiary/aromatic N) is 3. The smallest absolute Gasteiger partial charge is 0.223 e. The van der Waals surface area contributed by atoms with Gasteiger partial charge in [0.15, 0.2) is 15.6 Å². The van der Waals surface area contributed by atoms with Gasteiger partial charge in [-0.15, -0.1) is 0 Å². The molecule has 0 aliphatic carbocycles. The molecular weight excluding hydrogens is 342 g/mol. The molecule has 0 N–H and O–H groups in total. The molecule has 25 heavy (non-hydrogen) atoms. The highest BCUT2D eigenvalue weighted by Gasteiger charge is 2.48.